The van der Waals surface area contributed by atoms with E-state index in [0.717, 1.165) is 35.4 Å². The van der Waals surface area contributed by atoms with Gasteiger partial charge in [0.15, 0.2) is 11.5 Å². The average Bonchev–Trinajstić information content (AvgIpc) is 3.54. The fourth-order valence-corrected chi connectivity index (χ4v) is 4.98. The lowest BCUT2D eigenvalue weighted by molar-refractivity contribution is 0.0685. The molecule has 0 N–H and O–H groups in total. The van der Waals surface area contributed by atoms with Crippen molar-refractivity contribution in [1.82, 2.24) is 24.2 Å². The first-order valence-corrected chi connectivity index (χ1v) is 11.4. The third-order valence-corrected chi connectivity index (χ3v) is 6.62. The number of imidazole rings is 1. The van der Waals surface area contributed by atoms with Gasteiger partial charge in [-0.1, -0.05) is 0 Å². The van der Waals surface area contributed by atoms with Crippen LogP contribution in [-0.4, -0.2) is 50.0 Å². The zero-order valence-corrected chi connectivity index (χ0v) is 19.0. The van der Waals surface area contributed by atoms with Crippen LogP contribution < -0.4 is 9.47 Å². The van der Waals surface area contributed by atoms with Crippen molar-refractivity contribution < 1.29 is 18.7 Å². The highest BCUT2D eigenvalue weighted by Crippen LogP contribution is 2.39. The molecule has 2 aromatic carbocycles. The Hall–Kier alpha value is -3.88. The van der Waals surface area contributed by atoms with Crippen LogP contribution in [-0.2, 0) is 7.05 Å². The van der Waals surface area contributed by atoms with Crippen LogP contribution >= 0.6 is 0 Å². The van der Waals surface area contributed by atoms with Gasteiger partial charge in [-0.15, -0.1) is 0 Å². The number of hydrogen-bond acceptors (Lipinski definition) is 5. The maximum atomic E-state index is 14.0. The highest BCUT2D eigenvalue weighted by Gasteiger charge is 2.29. The maximum absolute atomic E-state index is 14.0. The Morgan fingerprint density at radius 2 is 1.85 bits per heavy atom. The first kappa shape index (κ1) is 20.7. The number of halogens is 1. The molecule has 9 heteroatoms. The van der Waals surface area contributed by atoms with E-state index < -0.39 is 0 Å². The number of aryl methyl sites for hydroxylation is 2. The summed E-state index contributed by atoms with van der Waals surface area (Å²) in [7, 11) is 1.79. The second-order valence-electron chi connectivity index (χ2n) is 8.82. The summed E-state index contributed by atoms with van der Waals surface area (Å²) in [6.45, 7) is 3.32. The zero-order chi connectivity index (χ0) is 23.4. The van der Waals surface area contributed by atoms with Crippen LogP contribution in [0.4, 0.5) is 4.39 Å². The molecule has 34 heavy (non-hydrogen) atoms. The zero-order valence-electron chi connectivity index (χ0n) is 19.0. The van der Waals surface area contributed by atoms with E-state index >= 15 is 0 Å². The van der Waals surface area contributed by atoms with Crippen molar-refractivity contribution >= 4 is 16.9 Å². The normalized spacial score (nSPS) is 15.9. The van der Waals surface area contributed by atoms with E-state index in [1.54, 1.807) is 17.8 Å². The molecule has 174 valence electrons. The molecule has 0 aliphatic carbocycles. The van der Waals surface area contributed by atoms with E-state index in [9.17, 15) is 9.18 Å². The summed E-state index contributed by atoms with van der Waals surface area (Å²) >= 11 is 0. The fraction of sp³-hybridized carbons (Fsp3) is 0.320. The predicted octanol–water partition coefficient (Wildman–Crippen LogP) is 4.09. The number of carbonyl (C=O) groups is 1. The molecular formula is C25H24FN5O3. The smallest absolute Gasteiger partial charge is 0.272 e. The van der Waals surface area contributed by atoms with Gasteiger partial charge >= 0.3 is 0 Å². The first-order chi connectivity index (χ1) is 16.5. The molecule has 1 fully saturated rings. The number of nitrogens with zero attached hydrogens (tertiary/aromatic N) is 5. The van der Waals surface area contributed by atoms with Crippen LogP contribution in [0.25, 0.3) is 22.4 Å². The van der Waals surface area contributed by atoms with Gasteiger partial charge in [0.2, 0.25) is 6.79 Å². The number of hydrogen-bond donors (Lipinski definition) is 0. The molecule has 0 unspecified atom stereocenters. The third kappa shape index (κ3) is 3.39. The summed E-state index contributed by atoms with van der Waals surface area (Å²) in [6.07, 6.45) is 1.53. The van der Waals surface area contributed by atoms with Crippen LogP contribution in [0, 0.1) is 12.7 Å². The fourth-order valence-electron chi connectivity index (χ4n) is 4.98. The Kier molecular flexibility index (Phi) is 4.79. The molecule has 1 amide bonds. The molecule has 0 saturated carbocycles. The van der Waals surface area contributed by atoms with Crippen LogP contribution in [0.3, 0.4) is 0 Å². The summed E-state index contributed by atoms with van der Waals surface area (Å²) < 4.78 is 28.8. The number of benzene rings is 2. The minimum absolute atomic E-state index is 0.00453. The summed E-state index contributed by atoms with van der Waals surface area (Å²) in [6, 6.07) is 12.4. The molecule has 8 nitrogen and oxygen atoms in total. The lowest BCUT2D eigenvalue weighted by Gasteiger charge is -2.33. The summed E-state index contributed by atoms with van der Waals surface area (Å²) in [4.78, 5) is 19.7. The minimum atomic E-state index is -0.318. The number of amides is 1. The van der Waals surface area contributed by atoms with Gasteiger partial charge in [0, 0.05) is 37.8 Å². The standard InChI is InChI=1S/C25H24FN5O3/c1-15-11-21(29(2)28-15)25(32)30-9-7-18(8-10-30)31-20-5-4-17(26)13-19(20)27-24(31)16-3-6-22-23(12-16)34-14-33-22/h3-6,11-13,18H,7-10,14H2,1-2H3. The molecular weight excluding hydrogens is 437 g/mol. The van der Waals surface area contributed by atoms with E-state index in [0.29, 0.717) is 35.8 Å². The van der Waals surface area contributed by atoms with Crippen LogP contribution in [0.15, 0.2) is 42.5 Å². The molecule has 0 bridgehead atoms. The van der Waals surface area contributed by atoms with Gasteiger partial charge in [-0.2, -0.15) is 5.10 Å². The van der Waals surface area contributed by atoms with Crippen molar-refractivity contribution in [3.63, 3.8) is 0 Å². The Morgan fingerprint density at radius 1 is 1.06 bits per heavy atom. The quantitative estimate of drug-likeness (QED) is 0.460. The van der Waals surface area contributed by atoms with Crippen LogP contribution in [0.1, 0.15) is 35.1 Å². The molecule has 0 spiro atoms. The predicted molar refractivity (Wildman–Crippen MR) is 123 cm³/mol. The molecule has 4 aromatic rings. The van der Waals surface area contributed by atoms with Gasteiger partial charge in [0.25, 0.3) is 5.91 Å². The Bertz CT molecular complexity index is 1420. The molecule has 0 radical (unpaired) electrons. The van der Waals surface area contributed by atoms with Gasteiger partial charge in [-0.25, -0.2) is 9.37 Å². The Labute approximate surface area is 195 Å². The number of rotatable bonds is 3. The Balaban J connectivity index is 1.33. The SMILES string of the molecule is Cc1cc(C(=O)N2CCC(n3c(-c4ccc5c(c4)OCO5)nc4cc(F)ccc43)CC2)n(C)n1. The average molecular weight is 461 g/mol. The largest absolute Gasteiger partial charge is 0.454 e. The van der Waals surface area contributed by atoms with Crippen molar-refractivity contribution in [1.29, 1.82) is 0 Å². The highest BCUT2D eigenvalue weighted by atomic mass is 19.1. The van der Waals surface area contributed by atoms with Crippen molar-refractivity contribution in [2.45, 2.75) is 25.8 Å². The summed E-state index contributed by atoms with van der Waals surface area (Å²) in [5, 5.41) is 4.30. The van der Waals surface area contributed by atoms with Crippen LogP contribution in [0.2, 0.25) is 0 Å². The third-order valence-electron chi connectivity index (χ3n) is 6.62. The molecule has 4 heterocycles. The Morgan fingerprint density at radius 3 is 2.62 bits per heavy atom. The number of likely N-dealkylation sites (tertiary alicyclic amines) is 1. The maximum Gasteiger partial charge on any atom is 0.272 e. The minimum Gasteiger partial charge on any atom is -0.454 e. The molecule has 2 aliphatic rings. The lowest BCUT2D eigenvalue weighted by atomic mass is 10.0. The molecule has 0 atom stereocenters. The lowest BCUT2D eigenvalue weighted by Crippen LogP contribution is -2.39. The van der Waals surface area contributed by atoms with Crippen molar-refractivity contribution in [2.24, 2.45) is 7.05 Å². The molecule has 1 saturated heterocycles. The number of ether oxygens (including phenoxy) is 2. The molecule has 6 rings (SSSR count). The summed E-state index contributed by atoms with van der Waals surface area (Å²) in [5.74, 6) is 1.81. The monoisotopic (exact) mass is 461 g/mol. The number of fused-ring (bicyclic) bond motifs is 2. The van der Waals surface area contributed by atoms with Crippen LogP contribution in [0.5, 0.6) is 11.5 Å². The second-order valence-corrected chi connectivity index (χ2v) is 8.82. The van der Waals surface area contributed by atoms with Gasteiger partial charge in [-0.05, 0) is 56.2 Å². The number of piperidine rings is 1. The van der Waals surface area contributed by atoms with E-state index in [1.807, 2.05) is 36.1 Å². The topological polar surface area (TPSA) is 74.4 Å². The van der Waals surface area contributed by atoms with Crippen molar-refractivity contribution in [2.75, 3.05) is 19.9 Å². The van der Waals surface area contributed by atoms with Gasteiger partial charge in [0.1, 0.15) is 17.3 Å². The van der Waals surface area contributed by atoms with Gasteiger partial charge < -0.3 is 18.9 Å². The molecule has 2 aliphatic heterocycles. The number of carbonyl (C=O) groups excluding carboxylic acids is 1. The first-order valence-electron chi connectivity index (χ1n) is 11.4. The van der Waals surface area contributed by atoms with E-state index in [1.165, 1.54) is 12.1 Å². The van der Waals surface area contributed by atoms with E-state index in [2.05, 4.69) is 9.67 Å². The molecule has 2 aromatic heterocycles. The summed E-state index contributed by atoms with van der Waals surface area (Å²) in [5.41, 5.74) is 3.79. The number of aromatic nitrogens is 4. The van der Waals surface area contributed by atoms with Crippen molar-refractivity contribution in [3.8, 4) is 22.9 Å². The van der Waals surface area contributed by atoms with Gasteiger partial charge in [0.05, 0.1) is 16.7 Å². The second kappa shape index (κ2) is 7.86. The van der Waals surface area contributed by atoms with Gasteiger partial charge in [-0.3, -0.25) is 9.48 Å². The van der Waals surface area contributed by atoms with E-state index in [-0.39, 0.29) is 24.6 Å². The highest BCUT2D eigenvalue weighted by molar-refractivity contribution is 5.92. The van der Waals surface area contributed by atoms with Crippen molar-refractivity contribution in [3.05, 3.63) is 59.7 Å². The van der Waals surface area contributed by atoms with E-state index in [4.69, 9.17) is 14.5 Å².